The Balaban J connectivity index is 2.43. The summed E-state index contributed by atoms with van der Waals surface area (Å²) in [4.78, 5) is 11.7. The molecule has 0 atom stereocenters. The second kappa shape index (κ2) is 8.42. The molecule has 1 amide bonds. The van der Waals surface area contributed by atoms with E-state index in [1.54, 1.807) is 6.07 Å². The maximum absolute atomic E-state index is 12.0. The molecule has 0 aliphatic rings. The lowest BCUT2D eigenvalue weighted by atomic mass is 10.2. The summed E-state index contributed by atoms with van der Waals surface area (Å²) in [6, 6.07) is 5.74. The Labute approximate surface area is 111 Å². The highest BCUT2D eigenvalue weighted by molar-refractivity contribution is 5.94. The number of carbonyl (C=O) groups is 1. The summed E-state index contributed by atoms with van der Waals surface area (Å²) in [6.07, 6.45) is 0.812. The van der Waals surface area contributed by atoms with E-state index in [2.05, 4.69) is 15.4 Å². The summed E-state index contributed by atoms with van der Waals surface area (Å²) in [7, 11) is 0. The van der Waals surface area contributed by atoms with Crippen LogP contribution in [0.5, 0.6) is 5.75 Å². The minimum Gasteiger partial charge on any atom is -0.435 e. The number of nitrogens with one attached hydrogen (secondary N) is 2. The van der Waals surface area contributed by atoms with Gasteiger partial charge in [0.2, 0.25) is 0 Å². The van der Waals surface area contributed by atoms with Crippen LogP contribution in [0.1, 0.15) is 23.7 Å². The first kappa shape index (κ1) is 15.4. The number of rotatable bonds is 8. The zero-order valence-electron chi connectivity index (χ0n) is 10.8. The first-order valence-electron chi connectivity index (χ1n) is 6.17. The molecular formula is C13H18F2N2O2. The van der Waals surface area contributed by atoms with Gasteiger partial charge in [-0.15, -0.1) is 0 Å². The fraction of sp³-hybridized carbons (Fsp3) is 0.462. The maximum Gasteiger partial charge on any atom is 0.387 e. The van der Waals surface area contributed by atoms with Crippen molar-refractivity contribution >= 4 is 5.91 Å². The molecule has 1 aromatic carbocycles. The van der Waals surface area contributed by atoms with E-state index >= 15 is 0 Å². The van der Waals surface area contributed by atoms with Crippen LogP contribution in [-0.4, -0.2) is 32.2 Å². The van der Waals surface area contributed by atoms with Crippen molar-refractivity contribution < 1.29 is 18.3 Å². The summed E-state index contributed by atoms with van der Waals surface area (Å²) in [6.45, 7) is 1.36. The number of carbonyl (C=O) groups excluding carboxylic acids is 1. The van der Waals surface area contributed by atoms with Crippen LogP contribution in [0.4, 0.5) is 8.78 Å². The van der Waals surface area contributed by atoms with Gasteiger partial charge < -0.3 is 15.4 Å². The molecular weight excluding hydrogens is 254 g/mol. The number of halogens is 2. The smallest absolute Gasteiger partial charge is 0.387 e. The van der Waals surface area contributed by atoms with Crippen molar-refractivity contribution in [1.82, 2.24) is 10.6 Å². The molecule has 1 aromatic rings. The molecule has 0 radical (unpaired) electrons. The van der Waals surface area contributed by atoms with Gasteiger partial charge in [-0.05, 0) is 37.7 Å². The van der Waals surface area contributed by atoms with E-state index in [4.69, 9.17) is 0 Å². The van der Waals surface area contributed by atoms with E-state index in [0.29, 0.717) is 12.1 Å². The van der Waals surface area contributed by atoms with E-state index in [-0.39, 0.29) is 11.7 Å². The van der Waals surface area contributed by atoms with Gasteiger partial charge in [0, 0.05) is 12.1 Å². The summed E-state index contributed by atoms with van der Waals surface area (Å²) in [5.41, 5.74) is 0.307. The first-order chi connectivity index (χ1) is 9.13. The van der Waals surface area contributed by atoms with Gasteiger partial charge in [0.05, 0.1) is 0 Å². The van der Waals surface area contributed by atoms with Gasteiger partial charge in [0.15, 0.2) is 0 Å². The van der Waals surface area contributed by atoms with Crippen molar-refractivity contribution in [3.63, 3.8) is 0 Å². The van der Waals surface area contributed by atoms with Gasteiger partial charge >= 0.3 is 6.61 Å². The van der Waals surface area contributed by atoms with Crippen molar-refractivity contribution in [1.29, 1.82) is 0 Å². The molecule has 0 saturated heterocycles. The zero-order chi connectivity index (χ0) is 14.1. The first-order valence-corrected chi connectivity index (χ1v) is 6.17. The standard InChI is InChI=1S/C13H18F2N2O2/c1-2-16-7-4-8-17-12(18)10-5-3-6-11(9-10)19-13(14)15/h3,5-6,9,13,16H,2,4,7-8H2,1H3,(H,17,18). The molecule has 1 rings (SSSR count). The normalized spacial score (nSPS) is 10.5. The monoisotopic (exact) mass is 272 g/mol. The molecule has 6 heteroatoms. The largest absolute Gasteiger partial charge is 0.435 e. The van der Waals surface area contributed by atoms with Crippen molar-refractivity contribution in [2.45, 2.75) is 20.0 Å². The molecule has 0 saturated carbocycles. The summed E-state index contributed by atoms with van der Waals surface area (Å²) < 4.78 is 28.3. The molecule has 0 fully saturated rings. The number of benzene rings is 1. The molecule has 106 valence electrons. The van der Waals surface area contributed by atoms with Crippen molar-refractivity contribution in [3.8, 4) is 5.75 Å². The highest BCUT2D eigenvalue weighted by Crippen LogP contribution is 2.15. The van der Waals surface area contributed by atoms with Crippen molar-refractivity contribution in [3.05, 3.63) is 29.8 Å². The van der Waals surface area contributed by atoms with E-state index in [1.807, 2.05) is 6.92 Å². The number of hydrogen-bond acceptors (Lipinski definition) is 3. The molecule has 0 bridgehead atoms. The van der Waals surface area contributed by atoms with Crippen LogP contribution < -0.4 is 15.4 Å². The summed E-state index contributed by atoms with van der Waals surface area (Å²) in [5, 5.41) is 5.85. The average Bonchev–Trinajstić information content (AvgIpc) is 2.38. The number of alkyl halides is 2. The van der Waals surface area contributed by atoms with Crippen molar-refractivity contribution in [2.24, 2.45) is 0 Å². The van der Waals surface area contributed by atoms with Gasteiger partial charge in [-0.3, -0.25) is 4.79 Å². The van der Waals surface area contributed by atoms with Crippen LogP contribution in [0.2, 0.25) is 0 Å². The Kier molecular flexibility index (Phi) is 6.81. The Bertz CT molecular complexity index is 400. The van der Waals surface area contributed by atoms with Gasteiger partial charge in [0.25, 0.3) is 5.91 Å². The Morgan fingerprint density at radius 1 is 1.37 bits per heavy atom. The quantitative estimate of drug-likeness (QED) is 0.712. The van der Waals surface area contributed by atoms with E-state index in [0.717, 1.165) is 19.5 Å². The maximum atomic E-state index is 12.0. The number of hydrogen-bond donors (Lipinski definition) is 2. The molecule has 0 aliphatic carbocycles. The summed E-state index contributed by atoms with van der Waals surface area (Å²) >= 11 is 0. The lowest BCUT2D eigenvalue weighted by Crippen LogP contribution is -2.27. The molecule has 4 nitrogen and oxygen atoms in total. The number of amides is 1. The SMILES string of the molecule is CCNCCCNC(=O)c1cccc(OC(F)F)c1. The van der Waals surface area contributed by atoms with E-state index in [1.165, 1.54) is 18.2 Å². The van der Waals surface area contributed by atoms with Gasteiger partial charge in [-0.2, -0.15) is 8.78 Å². The topological polar surface area (TPSA) is 50.4 Å². The van der Waals surface area contributed by atoms with Crippen LogP contribution in [0.15, 0.2) is 24.3 Å². The average molecular weight is 272 g/mol. The van der Waals surface area contributed by atoms with Crippen LogP contribution in [0.25, 0.3) is 0 Å². The third-order valence-corrected chi connectivity index (χ3v) is 2.39. The van der Waals surface area contributed by atoms with Crippen molar-refractivity contribution in [2.75, 3.05) is 19.6 Å². The highest BCUT2D eigenvalue weighted by Gasteiger charge is 2.08. The fourth-order valence-corrected chi connectivity index (χ4v) is 1.51. The van der Waals surface area contributed by atoms with Gasteiger partial charge in [-0.1, -0.05) is 13.0 Å². The van der Waals surface area contributed by atoms with E-state index < -0.39 is 6.61 Å². The molecule has 19 heavy (non-hydrogen) atoms. The third-order valence-electron chi connectivity index (χ3n) is 2.39. The van der Waals surface area contributed by atoms with Crippen LogP contribution in [-0.2, 0) is 0 Å². The minimum absolute atomic E-state index is 0.0182. The van der Waals surface area contributed by atoms with Crippen LogP contribution in [0, 0.1) is 0 Å². The van der Waals surface area contributed by atoms with Gasteiger partial charge in [-0.25, -0.2) is 0 Å². The van der Waals surface area contributed by atoms with Gasteiger partial charge in [0.1, 0.15) is 5.75 Å². The highest BCUT2D eigenvalue weighted by atomic mass is 19.3. The van der Waals surface area contributed by atoms with E-state index in [9.17, 15) is 13.6 Å². The molecule has 2 N–H and O–H groups in total. The predicted molar refractivity (Wildman–Crippen MR) is 68.6 cm³/mol. The summed E-state index contributed by atoms with van der Waals surface area (Å²) in [5.74, 6) is -0.313. The molecule has 0 aliphatic heterocycles. The lowest BCUT2D eigenvalue weighted by Gasteiger charge is -2.08. The predicted octanol–water partition coefficient (Wildman–Crippen LogP) is 2.02. The molecule has 0 unspecified atom stereocenters. The van der Waals surface area contributed by atoms with Crippen LogP contribution in [0.3, 0.4) is 0 Å². The Morgan fingerprint density at radius 3 is 2.84 bits per heavy atom. The second-order valence-electron chi connectivity index (χ2n) is 3.87. The second-order valence-corrected chi connectivity index (χ2v) is 3.87. The third kappa shape index (κ3) is 6.15. The van der Waals surface area contributed by atoms with Crippen LogP contribution >= 0.6 is 0 Å². The minimum atomic E-state index is -2.89. The molecule has 0 heterocycles. The Hall–Kier alpha value is -1.69. The zero-order valence-corrected chi connectivity index (χ0v) is 10.8. The Morgan fingerprint density at radius 2 is 2.16 bits per heavy atom. The molecule has 0 aromatic heterocycles. The fourth-order valence-electron chi connectivity index (χ4n) is 1.51. The molecule has 0 spiro atoms. The lowest BCUT2D eigenvalue weighted by molar-refractivity contribution is -0.0498. The number of ether oxygens (including phenoxy) is 1.